The number of aliphatic hydroxyl groups excluding tert-OH is 1. The highest BCUT2D eigenvalue weighted by atomic mass is 19.1. The van der Waals surface area contributed by atoms with E-state index in [1.807, 2.05) is 43.3 Å². The molecular weight excluding hydrogens is 359 g/mol. The van der Waals surface area contributed by atoms with Gasteiger partial charge in [-0.05, 0) is 17.2 Å². The Morgan fingerprint density at radius 3 is 2.75 bits per heavy atom. The lowest BCUT2D eigenvalue weighted by Gasteiger charge is -2.18. The first-order chi connectivity index (χ1) is 13.6. The van der Waals surface area contributed by atoms with Gasteiger partial charge in [-0.1, -0.05) is 54.5 Å². The van der Waals surface area contributed by atoms with E-state index in [9.17, 15) is 9.50 Å². The summed E-state index contributed by atoms with van der Waals surface area (Å²) in [4.78, 5) is 4.18. The normalized spacial score (nSPS) is 17.5. The Balaban J connectivity index is 1.50. The Kier molecular flexibility index (Phi) is 5.08. The molecule has 0 aliphatic carbocycles. The molecule has 0 radical (unpaired) electrons. The number of halogens is 1. The molecule has 144 valence electrons. The third kappa shape index (κ3) is 3.89. The Morgan fingerprint density at radius 1 is 1.21 bits per heavy atom. The minimum absolute atomic E-state index is 0.137. The van der Waals surface area contributed by atoms with Crippen LogP contribution in [0.1, 0.15) is 24.1 Å². The predicted molar refractivity (Wildman–Crippen MR) is 106 cm³/mol. The summed E-state index contributed by atoms with van der Waals surface area (Å²) >= 11 is 0. The van der Waals surface area contributed by atoms with E-state index in [4.69, 9.17) is 4.52 Å². The smallest absolute Gasteiger partial charge is 0.231 e. The first kappa shape index (κ1) is 18.2. The minimum atomic E-state index is -0.482. The number of hydrogen-bond acceptors (Lipinski definition) is 6. The molecule has 1 aromatic heterocycles. The quantitative estimate of drug-likeness (QED) is 0.647. The second kappa shape index (κ2) is 7.82. The van der Waals surface area contributed by atoms with Crippen molar-refractivity contribution < 1.29 is 14.0 Å². The van der Waals surface area contributed by atoms with E-state index in [0.717, 1.165) is 11.1 Å². The van der Waals surface area contributed by atoms with Crippen LogP contribution in [0.15, 0.2) is 64.1 Å². The van der Waals surface area contributed by atoms with Crippen molar-refractivity contribution in [3.05, 3.63) is 71.7 Å². The molecule has 0 amide bonds. The van der Waals surface area contributed by atoms with Gasteiger partial charge in [0.05, 0.1) is 18.3 Å². The molecule has 1 aliphatic heterocycles. The zero-order valence-electron chi connectivity index (χ0n) is 15.4. The van der Waals surface area contributed by atoms with Gasteiger partial charge in [0.2, 0.25) is 5.88 Å². The van der Waals surface area contributed by atoms with Crippen LogP contribution in [0, 0.1) is 5.82 Å². The average molecular weight is 380 g/mol. The molecule has 0 saturated heterocycles. The van der Waals surface area contributed by atoms with Crippen molar-refractivity contribution in [3.8, 4) is 11.1 Å². The number of nitrogens with zero attached hydrogens (tertiary/aromatic N) is 2. The summed E-state index contributed by atoms with van der Waals surface area (Å²) < 4.78 is 20.0. The summed E-state index contributed by atoms with van der Waals surface area (Å²) in [6.45, 7) is 2.71. The molecule has 2 aromatic carbocycles. The number of benzene rings is 2. The topological polar surface area (TPSA) is 82.7 Å². The van der Waals surface area contributed by atoms with Gasteiger partial charge in [0.1, 0.15) is 5.82 Å². The molecule has 7 heteroatoms. The standard InChI is InChI=1S/C21H21FN4O2/c1-13(15-7-8-17(18(22)9-15)14-5-3-2-4-6-14)19-10-20(28-26-19)25-21-23-11-16(27)12-24-21/h2-10,13,16,27H,11-12H2,1H3,(H2,23,24,25). The van der Waals surface area contributed by atoms with Crippen molar-refractivity contribution in [2.75, 3.05) is 18.4 Å². The molecule has 0 bridgehead atoms. The number of β-amino-alcohol motifs (C(OH)–C–C–N with tert-alkyl or cyclic N) is 1. The molecule has 4 rings (SSSR count). The predicted octanol–water partition coefficient (Wildman–Crippen LogP) is 3.36. The van der Waals surface area contributed by atoms with Crippen molar-refractivity contribution in [2.45, 2.75) is 18.9 Å². The van der Waals surface area contributed by atoms with Crippen molar-refractivity contribution in [3.63, 3.8) is 0 Å². The highest BCUT2D eigenvalue weighted by molar-refractivity contribution is 5.92. The van der Waals surface area contributed by atoms with E-state index in [-0.39, 0.29) is 11.7 Å². The summed E-state index contributed by atoms with van der Waals surface area (Å²) in [5.74, 6) is 0.559. The lowest BCUT2D eigenvalue weighted by Crippen LogP contribution is -2.42. The first-order valence-electron chi connectivity index (χ1n) is 9.15. The van der Waals surface area contributed by atoms with Crippen molar-refractivity contribution in [1.29, 1.82) is 0 Å². The van der Waals surface area contributed by atoms with Crippen molar-refractivity contribution >= 4 is 11.8 Å². The highest BCUT2D eigenvalue weighted by Crippen LogP contribution is 2.30. The zero-order chi connectivity index (χ0) is 19.5. The second-order valence-corrected chi connectivity index (χ2v) is 6.79. The van der Waals surface area contributed by atoms with Gasteiger partial charge in [0.25, 0.3) is 0 Å². The maximum absolute atomic E-state index is 14.7. The maximum Gasteiger partial charge on any atom is 0.231 e. The first-order valence-corrected chi connectivity index (χ1v) is 9.15. The van der Waals surface area contributed by atoms with E-state index >= 15 is 0 Å². The van der Waals surface area contributed by atoms with Gasteiger partial charge in [0.15, 0.2) is 5.96 Å². The highest BCUT2D eigenvalue weighted by Gasteiger charge is 2.18. The van der Waals surface area contributed by atoms with Crippen LogP contribution in [0.5, 0.6) is 0 Å². The maximum atomic E-state index is 14.7. The van der Waals surface area contributed by atoms with Gasteiger partial charge in [-0.25, -0.2) is 4.39 Å². The number of nitrogens with one attached hydrogen (secondary N) is 2. The van der Waals surface area contributed by atoms with Crippen LogP contribution in [-0.4, -0.2) is 35.4 Å². The Morgan fingerprint density at radius 2 is 2.04 bits per heavy atom. The molecule has 28 heavy (non-hydrogen) atoms. The van der Waals surface area contributed by atoms with Gasteiger partial charge < -0.3 is 14.9 Å². The van der Waals surface area contributed by atoms with Crippen LogP contribution in [0.2, 0.25) is 0 Å². The molecule has 0 saturated carbocycles. The third-order valence-electron chi connectivity index (χ3n) is 4.76. The summed E-state index contributed by atoms with van der Waals surface area (Å²) in [6, 6.07) is 16.5. The van der Waals surface area contributed by atoms with Crippen LogP contribution >= 0.6 is 0 Å². The van der Waals surface area contributed by atoms with Gasteiger partial charge in [-0.3, -0.25) is 10.3 Å². The van der Waals surface area contributed by atoms with Gasteiger partial charge in [0, 0.05) is 24.1 Å². The average Bonchev–Trinajstić information content (AvgIpc) is 3.18. The zero-order valence-corrected chi connectivity index (χ0v) is 15.4. The molecule has 2 unspecified atom stereocenters. The Labute approximate surface area is 162 Å². The molecule has 3 N–H and O–H groups in total. The Bertz CT molecular complexity index is 987. The van der Waals surface area contributed by atoms with Crippen LogP contribution in [0.4, 0.5) is 10.3 Å². The molecule has 6 nitrogen and oxygen atoms in total. The lowest BCUT2D eigenvalue weighted by atomic mass is 9.95. The van der Waals surface area contributed by atoms with Crippen LogP contribution in [0.25, 0.3) is 11.1 Å². The fourth-order valence-electron chi connectivity index (χ4n) is 3.11. The SMILES string of the molecule is CC(c1ccc(-c2ccccc2)c(F)c1)c1cc(NC2=NCC(O)CN2)on1. The molecule has 0 spiro atoms. The second-order valence-electron chi connectivity index (χ2n) is 6.79. The molecule has 0 fully saturated rings. The molecule has 2 atom stereocenters. The van der Waals surface area contributed by atoms with Crippen molar-refractivity contribution in [1.82, 2.24) is 10.5 Å². The van der Waals surface area contributed by atoms with E-state index in [1.165, 1.54) is 0 Å². The monoisotopic (exact) mass is 380 g/mol. The number of hydrogen-bond donors (Lipinski definition) is 3. The fraction of sp³-hybridized carbons (Fsp3) is 0.238. The van der Waals surface area contributed by atoms with Crippen molar-refractivity contribution in [2.24, 2.45) is 4.99 Å². The van der Waals surface area contributed by atoms with E-state index in [2.05, 4.69) is 20.8 Å². The summed E-state index contributed by atoms with van der Waals surface area (Å²) in [5.41, 5.74) is 2.92. The van der Waals surface area contributed by atoms with E-state index in [0.29, 0.717) is 36.2 Å². The number of anilines is 1. The number of aliphatic imine (C=N–C) groups is 1. The lowest BCUT2D eigenvalue weighted by molar-refractivity contribution is 0.181. The molecule has 2 heterocycles. The third-order valence-corrected chi connectivity index (χ3v) is 4.76. The van der Waals surface area contributed by atoms with Crippen LogP contribution < -0.4 is 10.6 Å². The summed E-state index contributed by atoms with van der Waals surface area (Å²) in [7, 11) is 0. The molecule has 3 aromatic rings. The van der Waals surface area contributed by atoms with Crippen LogP contribution in [0.3, 0.4) is 0 Å². The van der Waals surface area contributed by atoms with E-state index in [1.54, 1.807) is 18.2 Å². The number of aromatic nitrogens is 1. The molecular formula is C21H21FN4O2. The number of aliphatic hydroxyl groups is 1. The van der Waals surface area contributed by atoms with Gasteiger partial charge >= 0.3 is 0 Å². The number of guanidine groups is 1. The van der Waals surface area contributed by atoms with Gasteiger partial charge in [-0.15, -0.1) is 0 Å². The van der Waals surface area contributed by atoms with E-state index < -0.39 is 6.10 Å². The molecule has 1 aliphatic rings. The van der Waals surface area contributed by atoms with Crippen LogP contribution in [-0.2, 0) is 0 Å². The minimum Gasteiger partial charge on any atom is -0.389 e. The summed E-state index contributed by atoms with van der Waals surface area (Å²) in [6.07, 6.45) is -0.482. The fourth-order valence-corrected chi connectivity index (χ4v) is 3.11. The Hall–Kier alpha value is -3.19. The summed E-state index contributed by atoms with van der Waals surface area (Å²) in [5, 5.41) is 19.5. The van der Waals surface area contributed by atoms with Gasteiger partial charge in [-0.2, -0.15) is 0 Å². The number of rotatable bonds is 4. The largest absolute Gasteiger partial charge is 0.389 e.